The van der Waals surface area contributed by atoms with Crippen LogP contribution in [0.15, 0.2) is 46.9 Å². The standard InChI is InChI=1S/C18H21BrN2O/c1-13-4-9-17(10-14(13)2)20-18(22)12-21(3)11-15-5-7-16(19)8-6-15/h4-10H,11-12H2,1-3H3,(H,20,22)/p+1. The van der Waals surface area contributed by atoms with Crippen molar-refractivity contribution in [3.63, 3.8) is 0 Å². The smallest absolute Gasteiger partial charge is 0.279 e. The van der Waals surface area contributed by atoms with Crippen LogP contribution in [-0.4, -0.2) is 19.5 Å². The van der Waals surface area contributed by atoms with Crippen LogP contribution in [0.25, 0.3) is 0 Å². The second-order valence-electron chi connectivity index (χ2n) is 5.78. The minimum Gasteiger partial charge on any atom is -0.326 e. The van der Waals surface area contributed by atoms with Gasteiger partial charge in [0.2, 0.25) is 0 Å². The number of carbonyl (C=O) groups excluding carboxylic acids is 1. The summed E-state index contributed by atoms with van der Waals surface area (Å²) in [4.78, 5) is 13.3. The highest BCUT2D eigenvalue weighted by Gasteiger charge is 2.11. The molecule has 0 heterocycles. The van der Waals surface area contributed by atoms with Crippen molar-refractivity contribution in [2.24, 2.45) is 0 Å². The summed E-state index contributed by atoms with van der Waals surface area (Å²) in [6.07, 6.45) is 0. The average molecular weight is 362 g/mol. The highest BCUT2D eigenvalue weighted by atomic mass is 79.9. The third-order valence-electron chi connectivity index (χ3n) is 3.67. The molecule has 0 aliphatic rings. The van der Waals surface area contributed by atoms with Crippen LogP contribution in [0.5, 0.6) is 0 Å². The van der Waals surface area contributed by atoms with E-state index in [1.165, 1.54) is 16.7 Å². The van der Waals surface area contributed by atoms with Crippen molar-refractivity contribution < 1.29 is 9.69 Å². The van der Waals surface area contributed by atoms with Crippen LogP contribution in [0.3, 0.4) is 0 Å². The Bertz CT molecular complexity index is 653. The van der Waals surface area contributed by atoms with Gasteiger partial charge in [-0.25, -0.2) is 0 Å². The molecule has 0 saturated heterocycles. The van der Waals surface area contributed by atoms with Gasteiger partial charge < -0.3 is 10.2 Å². The fourth-order valence-electron chi connectivity index (χ4n) is 2.31. The van der Waals surface area contributed by atoms with Crippen LogP contribution >= 0.6 is 15.9 Å². The summed E-state index contributed by atoms with van der Waals surface area (Å²) in [6, 6.07) is 14.2. The number of benzene rings is 2. The molecule has 0 bridgehead atoms. The van der Waals surface area contributed by atoms with Crippen molar-refractivity contribution in [3.8, 4) is 0 Å². The molecule has 2 aromatic rings. The largest absolute Gasteiger partial charge is 0.326 e. The number of hydrogen-bond acceptors (Lipinski definition) is 1. The van der Waals surface area contributed by atoms with Crippen molar-refractivity contribution in [1.29, 1.82) is 0 Å². The van der Waals surface area contributed by atoms with Crippen molar-refractivity contribution in [3.05, 3.63) is 63.6 Å². The SMILES string of the molecule is Cc1ccc(NC(=O)C[NH+](C)Cc2ccc(Br)cc2)cc1C. The molecule has 1 amide bonds. The number of amides is 1. The van der Waals surface area contributed by atoms with E-state index in [1.54, 1.807) is 0 Å². The predicted molar refractivity (Wildman–Crippen MR) is 94.1 cm³/mol. The Labute approximate surface area is 140 Å². The monoisotopic (exact) mass is 361 g/mol. The van der Waals surface area contributed by atoms with Gasteiger partial charge in [-0.05, 0) is 49.2 Å². The number of likely N-dealkylation sites (N-methyl/N-ethyl adjacent to an activating group) is 1. The maximum atomic E-state index is 12.1. The maximum absolute atomic E-state index is 12.1. The number of hydrogen-bond donors (Lipinski definition) is 2. The van der Waals surface area contributed by atoms with Crippen LogP contribution in [0.2, 0.25) is 0 Å². The second kappa shape index (κ2) is 7.56. The van der Waals surface area contributed by atoms with Crippen LogP contribution < -0.4 is 10.2 Å². The Morgan fingerprint density at radius 2 is 1.77 bits per heavy atom. The number of rotatable bonds is 5. The zero-order valence-electron chi connectivity index (χ0n) is 13.2. The Hall–Kier alpha value is -1.65. The summed E-state index contributed by atoms with van der Waals surface area (Å²) in [5.74, 6) is 0.0397. The lowest BCUT2D eigenvalue weighted by Crippen LogP contribution is -3.08. The first-order valence-electron chi connectivity index (χ1n) is 7.37. The van der Waals surface area contributed by atoms with Gasteiger partial charge in [0.25, 0.3) is 5.91 Å². The maximum Gasteiger partial charge on any atom is 0.279 e. The summed E-state index contributed by atoms with van der Waals surface area (Å²) < 4.78 is 1.07. The normalized spacial score (nSPS) is 12.0. The van der Waals surface area contributed by atoms with Crippen molar-refractivity contribution in [2.45, 2.75) is 20.4 Å². The minimum atomic E-state index is 0.0397. The Morgan fingerprint density at radius 1 is 1.09 bits per heavy atom. The third kappa shape index (κ3) is 4.97. The number of aryl methyl sites for hydroxylation is 2. The number of carbonyl (C=O) groups is 1. The topological polar surface area (TPSA) is 33.5 Å². The van der Waals surface area contributed by atoms with E-state index in [2.05, 4.69) is 47.2 Å². The molecule has 0 aliphatic carbocycles. The van der Waals surface area contributed by atoms with Crippen LogP contribution in [0, 0.1) is 13.8 Å². The molecule has 4 heteroatoms. The van der Waals surface area contributed by atoms with E-state index in [9.17, 15) is 4.79 Å². The first-order valence-corrected chi connectivity index (χ1v) is 8.16. The third-order valence-corrected chi connectivity index (χ3v) is 4.20. The van der Waals surface area contributed by atoms with Gasteiger partial charge in [-0.1, -0.05) is 34.1 Å². The Morgan fingerprint density at radius 3 is 2.41 bits per heavy atom. The highest BCUT2D eigenvalue weighted by Crippen LogP contribution is 2.13. The van der Waals surface area contributed by atoms with Crippen LogP contribution in [-0.2, 0) is 11.3 Å². The molecule has 0 saturated carbocycles. The van der Waals surface area contributed by atoms with Crippen molar-refractivity contribution in [2.75, 3.05) is 18.9 Å². The molecule has 2 rings (SSSR count). The molecule has 116 valence electrons. The number of quaternary nitrogens is 1. The molecule has 1 atom stereocenters. The quantitative estimate of drug-likeness (QED) is 0.843. The lowest BCUT2D eigenvalue weighted by atomic mass is 10.1. The molecule has 0 aliphatic heterocycles. The van der Waals surface area contributed by atoms with E-state index in [0.717, 1.165) is 21.6 Å². The molecular formula is C18H22BrN2O+. The Balaban J connectivity index is 1.88. The molecule has 2 N–H and O–H groups in total. The molecule has 2 aromatic carbocycles. The van der Waals surface area contributed by atoms with Gasteiger partial charge in [0.1, 0.15) is 6.54 Å². The Kier molecular flexibility index (Phi) is 5.75. The van der Waals surface area contributed by atoms with E-state index < -0.39 is 0 Å². The molecule has 22 heavy (non-hydrogen) atoms. The van der Waals surface area contributed by atoms with E-state index in [1.807, 2.05) is 37.4 Å². The average Bonchev–Trinajstić information content (AvgIpc) is 2.45. The molecular weight excluding hydrogens is 340 g/mol. The zero-order valence-corrected chi connectivity index (χ0v) is 14.8. The van der Waals surface area contributed by atoms with Crippen LogP contribution in [0.1, 0.15) is 16.7 Å². The van der Waals surface area contributed by atoms with E-state index in [-0.39, 0.29) is 5.91 Å². The summed E-state index contributed by atoms with van der Waals surface area (Å²) in [7, 11) is 2.03. The zero-order chi connectivity index (χ0) is 16.1. The van der Waals surface area contributed by atoms with Gasteiger partial charge in [-0.2, -0.15) is 0 Å². The second-order valence-corrected chi connectivity index (χ2v) is 6.70. The molecule has 0 radical (unpaired) electrons. The summed E-state index contributed by atoms with van der Waals surface area (Å²) in [5.41, 5.74) is 4.51. The molecule has 0 aromatic heterocycles. The lowest BCUT2D eigenvalue weighted by molar-refractivity contribution is -0.885. The summed E-state index contributed by atoms with van der Waals surface area (Å²) >= 11 is 3.43. The summed E-state index contributed by atoms with van der Waals surface area (Å²) in [5, 5.41) is 2.97. The lowest BCUT2D eigenvalue weighted by Gasteiger charge is -2.14. The van der Waals surface area contributed by atoms with Gasteiger partial charge in [0, 0.05) is 15.7 Å². The molecule has 1 unspecified atom stereocenters. The minimum absolute atomic E-state index is 0.0397. The molecule has 0 spiro atoms. The first kappa shape index (κ1) is 16.7. The van der Waals surface area contributed by atoms with Gasteiger partial charge >= 0.3 is 0 Å². The fourth-order valence-corrected chi connectivity index (χ4v) is 2.58. The van der Waals surface area contributed by atoms with Gasteiger partial charge in [0.15, 0.2) is 6.54 Å². The van der Waals surface area contributed by atoms with Crippen LogP contribution in [0.4, 0.5) is 5.69 Å². The van der Waals surface area contributed by atoms with Crippen molar-refractivity contribution in [1.82, 2.24) is 0 Å². The number of anilines is 1. The summed E-state index contributed by atoms with van der Waals surface area (Å²) in [6.45, 7) is 5.39. The number of halogens is 1. The highest BCUT2D eigenvalue weighted by molar-refractivity contribution is 9.10. The fraction of sp³-hybridized carbons (Fsp3) is 0.278. The number of nitrogens with one attached hydrogen (secondary N) is 2. The first-order chi connectivity index (χ1) is 10.4. The van der Waals surface area contributed by atoms with E-state index >= 15 is 0 Å². The van der Waals surface area contributed by atoms with Crippen molar-refractivity contribution >= 4 is 27.5 Å². The van der Waals surface area contributed by atoms with Gasteiger partial charge in [0.05, 0.1) is 7.05 Å². The molecule has 0 fully saturated rings. The molecule has 3 nitrogen and oxygen atoms in total. The predicted octanol–water partition coefficient (Wildman–Crippen LogP) is 2.72. The van der Waals surface area contributed by atoms with Gasteiger partial charge in [-0.3, -0.25) is 4.79 Å². The van der Waals surface area contributed by atoms with Gasteiger partial charge in [-0.15, -0.1) is 0 Å². The van der Waals surface area contributed by atoms with E-state index in [0.29, 0.717) is 6.54 Å². The van der Waals surface area contributed by atoms with E-state index in [4.69, 9.17) is 0 Å².